The first-order valence-corrected chi connectivity index (χ1v) is 7.36. The Hall–Kier alpha value is -2.18. The molecule has 112 valence electrons. The third-order valence-corrected chi connectivity index (χ3v) is 3.69. The van der Waals surface area contributed by atoms with Crippen molar-refractivity contribution in [1.82, 2.24) is 25.1 Å². The molecule has 0 aliphatic carbocycles. The summed E-state index contributed by atoms with van der Waals surface area (Å²) >= 11 is 0. The Bertz CT molecular complexity index is 637. The first-order valence-electron chi connectivity index (χ1n) is 7.36. The van der Waals surface area contributed by atoms with Gasteiger partial charge in [-0.2, -0.15) is 4.52 Å². The molecular formula is C14H20N6O. The van der Waals surface area contributed by atoms with Gasteiger partial charge in [0.15, 0.2) is 5.65 Å². The normalized spacial score (nSPS) is 19.2. The van der Waals surface area contributed by atoms with Gasteiger partial charge in [0.2, 0.25) is 5.91 Å². The number of fused-ring (bicyclic) bond motifs is 1. The Balaban J connectivity index is 1.74. The number of amides is 1. The fourth-order valence-electron chi connectivity index (χ4n) is 2.69. The monoisotopic (exact) mass is 288 g/mol. The number of nitrogens with zero attached hydrogens (tertiary/aromatic N) is 5. The van der Waals surface area contributed by atoms with Crippen LogP contribution in [0, 0.1) is 5.92 Å². The second-order valence-corrected chi connectivity index (χ2v) is 5.77. The maximum Gasteiger partial charge on any atom is 0.225 e. The quantitative estimate of drug-likeness (QED) is 0.907. The minimum atomic E-state index is 0.0274. The van der Waals surface area contributed by atoms with Crippen LogP contribution >= 0.6 is 0 Å². The van der Waals surface area contributed by atoms with E-state index in [1.807, 2.05) is 26.0 Å². The van der Waals surface area contributed by atoms with Crippen molar-refractivity contribution in [2.45, 2.75) is 32.7 Å². The van der Waals surface area contributed by atoms with Gasteiger partial charge in [-0.1, -0.05) is 0 Å². The largest absolute Gasteiger partial charge is 0.354 e. The van der Waals surface area contributed by atoms with Crippen molar-refractivity contribution < 1.29 is 4.79 Å². The van der Waals surface area contributed by atoms with Crippen molar-refractivity contribution in [3.05, 3.63) is 18.5 Å². The molecular weight excluding hydrogens is 268 g/mol. The zero-order chi connectivity index (χ0) is 14.8. The highest BCUT2D eigenvalue weighted by Gasteiger charge is 2.27. The summed E-state index contributed by atoms with van der Waals surface area (Å²) in [7, 11) is 0. The highest BCUT2D eigenvalue weighted by molar-refractivity contribution is 5.79. The molecule has 1 saturated heterocycles. The number of nitrogens with one attached hydrogen (secondary N) is 1. The molecule has 0 aromatic carbocycles. The Kier molecular flexibility index (Phi) is 3.72. The number of rotatable bonds is 3. The standard InChI is InChI=1S/C14H20N6O/c1-10(2)16-14(21)11-4-3-7-19(8-11)13-6-5-12-17-15-9-20(12)18-13/h5-6,9-11H,3-4,7-8H2,1-2H3,(H,16,21)/t11-/m1/s1. The molecule has 7 nitrogen and oxygen atoms in total. The van der Waals surface area contributed by atoms with Crippen LogP contribution in [-0.2, 0) is 4.79 Å². The maximum atomic E-state index is 12.2. The van der Waals surface area contributed by atoms with Crippen LogP contribution < -0.4 is 10.2 Å². The molecule has 2 aromatic heterocycles. The molecule has 1 atom stereocenters. The SMILES string of the molecule is CC(C)NC(=O)[C@@H]1CCCN(c2ccc3nncn3n2)C1. The third kappa shape index (κ3) is 2.96. The van der Waals surface area contributed by atoms with E-state index in [-0.39, 0.29) is 17.9 Å². The van der Waals surface area contributed by atoms with Crippen LogP contribution in [0.25, 0.3) is 5.65 Å². The lowest BCUT2D eigenvalue weighted by Crippen LogP contribution is -2.45. The van der Waals surface area contributed by atoms with E-state index in [1.165, 1.54) is 0 Å². The van der Waals surface area contributed by atoms with Gasteiger partial charge in [-0.3, -0.25) is 4.79 Å². The predicted octanol–water partition coefficient (Wildman–Crippen LogP) is 0.865. The summed E-state index contributed by atoms with van der Waals surface area (Å²) in [4.78, 5) is 14.3. The van der Waals surface area contributed by atoms with Crippen molar-refractivity contribution in [3.63, 3.8) is 0 Å². The summed E-state index contributed by atoms with van der Waals surface area (Å²) in [6.07, 6.45) is 3.52. The fourth-order valence-corrected chi connectivity index (χ4v) is 2.69. The van der Waals surface area contributed by atoms with Gasteiger partial charge < -0.3 is 10.2 Å². The van der Waals surface area contributed by atoms with Gasteiger partial charge in [-0.15, -0.1) is 15.3 Å². The maximum absolute atomic E-state index is 12.2. The summed E-state index contributed by atoms with van der Waals surface area (Å²) in [6, 6.07) is 4.01. The Morgan fingerprint density at radius 2 is 2.29 bits per heavy atom. The Labute approximate surface area is 123 Å². The average molecular weight is 288 g/mol. The fraction of sp³-hybridized carbons (Fsp3) is 0.571. The first-order chi connectivity index (χ1) is 10.1. The number of carbonyl (C=O) groups excluding carboxylic acids is 1. The Morgan fingerprint density at radius 1 is 1.43 bits per heavy atom. The third-order valence-electron chi connectivity index (χ3n) is 3.69. The molecule has 7 heteroatoms. The van der Waals surface area contributed by atoms with E-state index in [9.17, 15) is 4.79 Å². The first kappa shape index (κ1) is 13.8. The Morgan fingerprint density at radius 3 is 3.10 bits per heavy atom. The number of aromatic nitrogens is 4. The summed E-state index contributed by atoms with van der Waals surface area (Å²) in [6.45, 7) is 5.60. The molecule has 3 heterocycles. The molecule has 0 bridgehead atoms. The number of piperidine rings is 1. The summed E-state index contributed by atoms with van der Waals surface area (Å²) in [5.41, 5.74) is 0.727. The second kappa shape index (κ2) is 5.67. The van der Waals surface area contributed by atoms with Crippen LogP contribution in [0.5, 0.6) is 0 Å². The lowest BCUT2D eigenvalue weighted by molar-refractivity contribution is -0.125. The predicted molar refractivity (Wildman–Crippen MR) is 79.0 cm³/mol. The van der Waals surface area contributed by atoms with E-state index in [2.05, 4.69) is 25.5 Å². The van der Waals surface area contributed by atoms with Gasteiger partial charge in [0.05, 0.1) is 5.92 Å². The minimum absolute atomic E-state index is 0.0274. The van der Waals surface area contributed by atoms with E-state index in [4.69, 9.17) is 0 Å². The molecule has 0 radical (unpaired) electrons. The van der Waals surface area contributed by atoms with Crippen molar-refractivity contribution >= 4 is 17.4 Å². The van der Waals surface area contributed by atoms with E-state index in [0.29, 0.717) is 6.54 Å². The second-order valence-electron chi connectivity index (χ2n) is 5.77. The topological polar surface area (TPSA) is 75.4 Å². The lowest BCUT2D eigenvalue weighted by atomic mass is 9.97. The van der Waals surface area contributed by atoms with Crippen molar-refractivity contribution in [3.8, 4) is 0 Å². The van der Waals surface area contributed by atoms with Crippen molar-refractivity contribution in [2.75, 3.05) is 18.0 Å². The van der Waals surface area contributed by atoms with Crippen molar-refractivity contribution in [1.29, 1.82) is 0 Å². The van der Waals surface area contributed by atoms with Gasteiger partial charge in [0.25, 0.3) is 0 Å². The molecule has 0 unspecified atom stereocenters. The van der Waals surface area contributed by atoms with Crippen LogP contribution in [-0.4, -0.2) is 44.8 Å². The van der Waals surface area contributed by atoms with Gasteiger partial charge in [-0.25, -0.2) is 0 Å². The number of carbonyl (C=O) groups is 1. The van der Waals surface area contributed by atoms with E-state index < -0.39 is 0 Å². The van der Waals surface area contributed by atoms with Gasteiger partial charge in [0, 0.05) is 19.1 Å². The molecule has 1 fully saturated rings. The minimum Gasteiger partial charge on any atom is -0.354 e. The van der Waals surface area contributed by atoms with Crippen molar-refractivity contribution in [2.24, 2.45) is 5.92 Å². The molecule has 2 aromatic rings. The molecule has 1 aliphatic heterocycles. The highest BCUT2D eigenvalue weighted by Crippen LogP contribution is 2.22. The van der Waals surface area contributed by atoms with Gasteiger partial charge in [0.1, 0.15) is 12.1 Å². The van der Waals surface area contributed by atoms with Crippen LogP contribution in [0.15, 0.2) is 18.5 Å². The summed E-state index contributed by atoms with van der Waals surface area (Å²) in [5.74, 6) is 1.03. The number of anilines is 1. The molecule has 0 spiro atoms. The molecule has 1 aliphatic rings. The van der Waals surface area contributed by atoms with Crippen LogP contribution in [0.1, 0.15) is 26.7 Å². The van der Waals surface area contributed by atoms with Gasteiger partial charge in [-0.05, 0) is 38.8 Å². The highest BCUT2D eigenvalue weighted by atomic mass is 16.2. The van der Waals surface area contributed by atoms with Crippen LogP contribution in [0.4, 0.5) is 5.82 Å². The molecule has 1 amide bonds. The smallest absolute Gasteiger partial charge is 0.225 e. The average Bonchev–Trinajstić information content (AvgIpc) is 2.94. The van der Waals surface area contributed by atoms with Crippen LogP contribution in [0.3, 0.4) is 0 Å². The van der Waals surface area contributed by atoms with Gasteiger partial charge >= 0.3 is 0 Å². The number of hydrogen-bond donors (Lipinski definition) is 1. The van der Waals surface area contributed by atoms with E-state index in [0.717, 1.165) is 30.9 Å². The zero-order valence-corrected chi connectivity index (χ0v) is 12.4. The lowest BCUT2D eigenvalue weighted by Gasteiger charge is -2.33. The van der Waals surface area contributed by atoms with Crippen LogP contribution in [0.2, 0.25) is 0 Å². The van der Waals surface area contributed by atoms with E-state index in [1.54, 1.807) is 10.8 Å². The molecule has 0 saturated carbocycles. The number of hydrogen-bond acceptors (Lipinski definition) is 5. The van der Waals surface area contributed by atoms with E-state index >= 15 is 0 Å². The molecule has 21 heavy (non-hydrogen) atoms. The molecule has 1 N–H and O–H groups in total. The molecule has 3 rings (SSSR count). The summed E-state index contributed by atoms with van der Waals surface area (Å²) in [5, 5.41) is 15.3. The summed E-state index contributed by atoms with van der Waals surface area (Å²) < 4.78 is 1.66. The zero-order valence-electron chi connectivity index (χ0n) is 12.4.